The third kappa shape index (κ3) is 8.50. The highest BCUT2D eigenvalue weighted by atomic mass is 35.5. The molecule has 40 heavy (non-hydrogen) atoms. The second kappa shape index (κ2) is 14.2. The summed E-state index contributed by atoms with van der Waals surface area (Å²) >= 11 is 5.89. The number of nitrogens with zero attached hydrogens (tertiary/aromatic N) is 2. The van der Waals surface area contributed by atoms with Crippen molar-refractivity contribution < 1.29 is 26.8 Å². The molecule has 0 radical (unpaired) electrons. The summed E-state index contributed by atoms with van der Waals surface area (Å²) < 4.78 is 54.8. The molecule has 0 unspecified atom stereocenters. The molecule has 3 rings (SSSR count). The van der Waals surface area contributed by atoms with Gasteiger partial charge >= 0.3 is 0 Å². The van der Waals surface area contributed by atoms with Crippen molar-refractivity contribution in [3.05, 3.63) is 101 Å². The maximum absolute atomic E-state index is 14.8. The van der Waals surface area contributed by atoms with E-state index in [0.717, 1.165) is 41.1 Å². The Kier molecular flexibility index (Phi) is 11.0. The molecular formula is C29H32ClF2N3O4S. The lowest BCUT2D eigenvalue weighted by molar-refractivity contribution is -0.140. The summed E-state index contributed by atoms with van der Waals surface area (Å²) in [6, 6.07) is 17.1. The Hall–Kier alpha value is -3.50. The number of hydrogen-bond donors (Lipinski definition) is 1. The van der Waals surface area contributed by atoms with E-state index in [-0.39, 0.29) is 29.2 Å². The van der Waals surface area contributed by atoms with Crippen molar-refractivity contribution in [2.75, 3.05) is 23.7 Å². The molecule has 7 nitrogen and oxygen atoms in total. The van der Waals surface area contributed by atoms with Crippen molar-refractivity contribution in [3.8, 4) is 0 Å². The SMILES string of the molecule is CCCCNC(=O)[C@@H](Cc1ccccc1)N(Cc1ccccc1F)C(=O)CN(c1ccc(F)c(Cl)c1)S(C)(=O)=O. The molecule has 0 saturated carbocycles. The molecule has 0 bridgehead atoms. The van der Waals surface area contributed by atoms with Gasteiger partial charge in [-0.3, -0.25) is 13.9 Å². The quantitative estimate of drug-likeness (QED) is 0.285. The van der Waals surface area contributed by atoms with Gasteiger partial charge in [-0.1, -0.05) is 73.5 Å². The van der Waals surface area contributed by atoms with Crippen LogP contribution in [0.3, 0.4) is 0 Å². The first-order chi connectivity index (χ1) is 19.0. The topological polar surface area (TPSA) is 86.8 Å². The number of benzene rings is 3. The summed E-state index contributed by atoms with van der Waals surface area (Å²) in [5.41, 5.74) is 0.890. The molecule has 0 aliphatic heterocycles. The monoisotopic (exact) mass is 591 g/mol. The Bertz CT molecular complexity index is 1420. The Morgan fingerprint density at radius 1 is 0.975 bits per heavy atom. The van der Waals surface area contributed by atoms with E-state index in [1.165, 1.54) is 29.2 Å². The van der Waals surface area contributed by atoms with Gasteiger partial charge in [-0.15, -0.1) is 0 Å². The number of anilines is 1. The Morgan fingerprint density at radius 3 is 2.27 bits per heavy atom. The van der Waals surface area contributed by atoms with Crippen LogP contribution >= 0.6 is 11.6 Å². The van der Waals surface area contributed by atoms with Gasteiger partial charge in [0.15, 0.2) is 0 Å². The molecule has 0 spiro atoms. The van der Waals surface area contributed by atoms with Crippen LogP contribution < -0.4 is 9.62 Å². The van der Waals surface area contributed by atoms with Crippen LogP contribution in [0.1, 0.15) is 30.9 Å². The van der Waals surface area contributed by atoms with Gasteiger partial charge in [0.05, 0.1) is 17.0 Å². The molecule has 11 heteroatoms. The van der Waals surface area contributed by atoms with Crippen molar-refractivity contribution >= 4 is 39.1 Å². The van der Waals surface area contributed by atoms with Crippen LogP contribution in [0.2, 0.25) is 5.02 Å². The minimum atomic E-state index is -4.05. The van der Waals surface area contributed by atoms with Gasteiger partial charge in [0, 0.05) is 25.1 Å². The number of halogens is 3. The molecule has 214 valence electrons. The maximum Gasteiger partial charge on any atom is 0.244 e. The fourth-order valence-electron chi connectivity index (χ4n) is 4.12. The molecule has 0 aliphatic carbocycles. The number of sulfonamides is 1. The predicted molar refractivity (Wildman–Crippen MR) is 152 cm³/mol. The van der Waals surface area contributed by atoms with E-state index < -0.39 is 46.1 Å². The first-order valence-electron chi connectivity index (χ1n) is 12.8. The normalized spacial score (nSPS) is 12.0. The minimum absolute atomic E-state index is 0.0277. The van der Waals surface area contributed by atoms with Gasteiger partial charge in [-0.05, 0) is 36.2 Å². The lowest BCUT2D eigenvalue weighted by Gasteiger charge is -2.33. The van der Waals surface area contributed by atoms with Crippen LogP contribution in [-0.4, -0.2) is 50.5 Å². The van der Waals surface area contributed by atoms with Gasteiger partial charge < -0.3 is 10.2 Å². The number of rotatable bonds is 13. The fraction of sp³-hybridized carbons (Fsp3) is 0.310. The largest absolute Gasteiger partial charge is 0.354 e. The third-order valence-corrected chi connectivity index (χ3v) is 7.70. The van der Waals surface area contributed by atoms with E-state index in [2.05, 4.69) is 5.32 Å². The zero-order chi connectivity index (χ0) is 29.3. The van der Waals surface area contributed by atoms with E-state index in [1.54, 1.807) is 30.3 Å². The molecule has 3 aromatic rings. The van der Waals surface area contributed by atoms with Crippen molar-refractivity contribution in [2.24, 2.45) is 0 Å². The average Bonchev–Trinajstić information content (AvgIpc) is 2.91. The molecule has 0 aromatic heterocycles. The summed E-state index contributed by atoms with van der Waals surface area (Å²) in [4.78, 5) is 28.6. The summed E-state index contributed by atoms with van der Waals surface area (Å²) in [7, 11) is -4.05. The summed E-state index contributed by atoms with van der Waals surface area (Å²) in [6.45, 7) is 1.35. The first-order valence-corrected chi connectivity index (χ1v) is 15.0. The van der Waals surface area contributed by atoms with Gasteiger partial charge in [0.1, 0.15) is 24.2 Å². The molecule has 0 fully saturated rings. The van der Waals surface area contributed by atoms with E-state index in [9.17, 15) is 26.8 Å². The molecule has 1 atom stereocenters. The smallest absolute Gasteiger partial charge is 0.244 e. The molecule has 0 heterocycles. The van der Waals surface area contributed by atoms with Crippen molar-refractivity contribution in [2.45, 2.75) is 38.8 Å². The van der Waals surface area contributed by atoms with Crippen LogP contribution in [0, 0.1) is 11.6 Å². The number of carbonyl (C=O) groups excluding carboxylic acids is 2. The van der Waals surface area contributed by atoms with E-state index in [0.29, 0.717) is 6.54 Å². The average molecular weight is 592 g/mol. The van der Waals surface area contributed by atoms with Crippen molar-refractivity contribution in [1.82, 2.24) is 10.2 Å². The number of unbranched alkanes of at least 4 members (excludes halogenated alkanes) is 1. The van der Waals surface area contributed by atoms with Crippen LogP contribution in [-0.2, 0) is 32.6 Å². The molecule has 2 amide bonds. The summed E-state index contributed by atoms with van der Waals surface area (Å²) in [5, 5.41) is 2.53. The van der Waals surface area contributed by atoms with Gasteiger partial charge in [0.2, 0.25) is 21.8 Å². The number of amides is 2. The molecular weight excluding hydrogens is 560 g/mol. The van der Waals surface area contributed by atoms with Crippen LogP contribution in [0.4, 0.5) is 14.5 Å². The summed E-state index contributed by atoms with van der Waals surface area (Å²) in [6.07, 6.45) is 2.57. The van der Waals surface area contributed by atoms with Crippen molar-refractivity contribution in [3.63, 3.8) is 0 Å². The standard InChI is InChI=1S/C29H32ClF2N3O4S/c1-3-4-16-33-29(37)27(17-21-10-6-5-7-11-21)34(19-22-12-8-9-13-25(22)31)28(36)20-35(40(2,38)39)23-14-15-26(32)24(30)18-23/h5-15,18,27H,3-4,16-17,19-20H2,1-2H3,(H,33,37)/t27-/m1/s1. The molecule has 0 saturated heterocycles. The van der Waals surface area contributed by atoms with E-state index in [1.807, 2.05) is 13.0 Å². The highest BCUT2D eigenvalue weighted by Gasteiger charge is 2.33. The third-order valence-electron chi connectivity index (χ3n) is 6.27. The van der Waals surface area contributed by atoms with Crippen LogP contribution in [0.5, 0.6) is 0 Å². The minimum Gasteiger partial charge on any atom is -0.354 e. The summed E-state index contributed by atoms with van der Waals surface area (Å²) in [5.74, 6) is -2.52. The second-order valence-electron chi connectivity index (χ2n) is 9.33. The Balaban J connectivity index is 2.05. The number of carbonyl (C=O) groups is 2. The highest BCUT2D eigenvalue weighted by molar-refractivity contribution is 7.92. The molecule has 3 aromatic carbocycles. The van der Waals surface area contributed by atoms with E-state index >= 15 is 0 Å². The highest BCUT2D eigenvalue weighted by Crippen LogP contribution is 2.25. The lowest BCUT2D eigenvalue weighted by atomic mass is 10.0. The Labute approximate surface area is 238 Å². The van der Waals surface area contributed by atoms with Crippen LogP contribution in [0.15, 0.2) is 72.8 Å². The zero-order valence-electron chi connectivity index (χ0n) is 22.3. The maximum atomic E-state index is 14.8. The van der Waals surface area contributed by atoms with E-state index in [4.69, 9.17) is 11.6 Å². The number of hydrogen-bond acceptors (Lipinski definition) is 4. The first kappa shape index (κ1) is 31.0. The van der Waals surface area contributed by atoms with Crippen molar-refractivity contribution in [1.29, 1.82) is 0 Å². The number of nitrogens with one attached hydrogen (secondary N) is 1. The Morgan fingerprint density at radius 2 is 1.65 bits per heavy atom. The predicted octanol–water partition coefficient (Wildman–Crippen LogP) is 4.94. The second-order valence-corrected chi connectivity index (χ2v) is 11.6. The van der Waals surface area contributed by atoms with Gasteiger partial charge in [-0.2, -0.15) is 0 Å². The van der Waals surface area contributed by atoms with Gasteiger partial charge in [0.25, 0.3) is 0 Å². The van der Waals surface area contributed by atoms with Gasteiger partial charge in [-0.25, -0.2) is 17.2 Å². The molecule has 1 N–H and O–H groups in total. The molecule has 0 aliphatic rings. The van der Waals surface area contributed by atoms with Crippen LogP contribution in [0.25, 0.3) is 0 Å². The fourth-order valence-corrected chi connectivity index (χ4v) is 5.14. The lowest BCUT2D eigenvalue weighted by Crippen LogP contribution is -2.53. The zero-order valence-corrected chi connectivity index (χ0v) is 23.9.